The fraction of sp³-hybridized carbons (Fsp3) is 0.379. The molecular weight excluding hydrogens is 539 g/mol. The number of halogens is 3. The minimum absolute atomic E-state index is 0.149. The molecule has 2 aromatic carbocycles. The molecule has 1 unspecified atom stereocenters. The zero-order valence-corrected chi connectivity index (χ0v) is 23.3. The number of fused-ring (bicyclic) bond motifs is 1. The van der Waals surface area contributed by atoms with Crippen LogP contribution in [0.3, 0.4) is 0 Å². The molecule has 40 heavy (non-hydrogen) atoms. The van der Waals surface area contributed by atoms with E-state index in [0.717, 1.165) is 43.1 Å². The average Bonchev–Trinajstić information content (AvgIpc) is 3.31. The number of thiazole rings is 1. The van der Waals surface area contributed by atoms with Gasteiger partial charge in [-0.1, -0.05) is 43.7 Å². The van der Waals surface area contributed by atoms with Crippen molar-refractivity contribution in [2.24, 2.45) is 5.92 Å². The second-order valence-corrected chi connectivity index (χ2v) is 11.4. The lowest BCUT2D eigenvalue weighted by Gasteiger charge is -2.38. The fourth-order valence-electron chi connectivity index (χ4n) is 5.14. The van der Waals surface area contributed by atoms with Crippen molar-refractivity contribution in [3.8, 4) is 22.9 Å². The minimum atomic E-state index is -4.45. The molecule has 3 heterocycles. The topological polar surface area (TPSA) is 80.2 Å². The molecule has 2 aromatic heterocycles. The third-order valence-corrected chi connectivity index (χ3v) is 7.68. The summed E-state index contributed by atoms with van der Waals surface area (Å²) in [6, 6.07) is 10.8. The summed E-state index contributed by atoms with van der Waals surface area (Å²) < 4.78 is 48.3. The highest BCUT2D eigenvalue weighted by Gasteiger charge is 2.34. The molecule has 1 aliphatic heterocycles. The molecule has 1 N–H and O–H groups in total. The molecule has 0 radical (unpaired) electrons. The van der Waals surface area contributed by atoms with Crippen molar-refractivity contribution in [2.75, 3.05) is 18.4 Å². The normalized spacial score (nSPS) is 16.4. The number of anilines is 1. The summed E-state index contributed by atoms with van der Waals surface area (Å²) in [7, 11) is 0. The second-order valence-electron chi connectivity index (χ2n) is 10.3. The number of piperidine rings is 1. The first-order valence-electron chi connectivity index (χ1n) is 13.2. The maximum Gasteiger partial charge on any atom is 0.416 e. The lowest BCUT2D eigenvalue weighted by Crippen LogP contribution is -2.36. The van der Waals surface area contributed by atoms with Crippen LogP contribution in [0.15, 0.2) is 48.8 Å². The van der Waals surface area contributed by atoms with Crippen molar-refractivity contribution >= 4 is 32.6 Å². The molecule has 210 valence electrons. The quantitative estimate of drug-likeness (QED) is 0.246. The van der Waals surface area contributed by atoms with E-state index in [1.165, 1.54) is 36.7 Å². The van der Waals surface area contributed by atoms with E-state index in [-0.39, 0.29) is 17.8 Å². The molecule has 0 saturated carbocycles. The van der Waals surface area contributed by atoms with E-state index >= 15 is 0 Å². The van der Waals surface area contributed by atoms with Gasteiger partial charge in [0.2, 0.25) is 11.8 Å². The maximum atomic E-state index is 13.8. The highest BCUT2D eigenvalue weighted by Crippen LogP contribution is 2.41. The van der Waals surface area contributed by atoms with Crippen LogP contribution in [0.2, 0.25) is 0 Å². The summed E-state index contributed by atoms with van der Waals surface area (Å²) in [6.07, 6.45) is -0.353. The molecule has 1 amide bonds. The smallest absolute Gasteiger partial charge is 0.416 e. The standard InChI is InChI=1S/C29H30F3N5O2S/c1-17(2)15-37-12-5-4-7-23(37)21-13-19(29(30,31)32)10-11-20(21)22-14-26(34-16-33-22)39-24-8-6-9-25-27(24)36-28(40-25)35-18(3)38/h6,8-11,13-14,16-17,23H,4-5,7,12,15H2,1-3H3,(H,35,36,38). The Balaban J connectivity index is 1.53. The number of rotatable bonds is 7. The third-order valence-electron chi connectivity index (χ3n) is 6.75. The summed E-state index contributed by atoms with van der Waals surface area (Å²) in [5.41, 5.74) is 1.62. The first-order chi connectivity index (χ1) is 19.1. The number of carbonyl (C=O) groups excluding carboxylic acids is 1. The Morgan fingerprint density at radius 2 is 2.00 bits per heavy atom. The number of nitrogens with one attached hydrogen (secondary N) is 1. The van der Waals surface area contributed by atoms with Crippen LogP contribution in [0.1, 0.15) is 57.2 Å². The molecule has 1 saturated heterocycles. The van der Waals surface area contributed by atoms with Gasteiger partial charge in [-0.25, -0.2) is 15.0 Å². The Kier molecular flexibility index (Phi) is 8.04. The SMILES string of the molecule is CC(=O)Nc1nc2c(Oc3cc(-c4ccc(C(F)(F)F)cc4C4CCCCN4CC(C)C)ncn3)cccc2s1. The molecule has 0 bridgehead atoms. The fourth-order valence-corrected chi connectivity index (χ4v) is 6.07. The minimum Gasteiger partial charge on any atom is -0.437 e. The van der Waals surface area contributed by atoms with Crippen LogP contribution in [0.5, 0.6) is 11.6 Å². The number of aromatic nitrogens is 3. The van der Waals surface area contributed by atoms with E-state index in [1.54, 1.807) is 12.1 Å². The molecule has 11 heteroatoms. The Bertz CT molecular complexity index is 1520. The zero-order chi connectivity index (χ0) is 28.4. The van der Waals surface area contributed by atoms with Crippen molar-refractivity contribution in [3.63, 3.8) is 0 Å². The van der Waals surface area contributed by atoms with Gasteiger partial charge in [-0.3, -0.25) is 9.69 Å². The molecule has 4 aromatic rings. The predicted octanol–water partition coefficient (Wildman–Crippen LogP) is 7.71. The maximum absolute atomic E-state index is 13.8. The number of hydrogen-bond donors (Lipinski definition) is 1. The number of para-hydroxylation sites is 1. The number of amides is 1. The Morgan fingerprint density at radius 3 is 2.75 bits per heavy atom. The van der Waals surface area contributed by atoms with E-state index in [1.807, 2.05) is 12.1 Å². The van der Waals surface area contributed by atoms with Gasteiger partial charge in [0.05, 0.1) is 16.0 Å². The number of nitrogens with zero attached hydrogens (tertiary/aromatic N) is 4. The lowest BCUT2D eigenvalue weighted by atomic mass is 9.88. The monoisotopic (exact) mass is 569 g/mol. The van der Waals surface area contributed by atoms with Crippen molar-refractivity contribution in [1.82, 2.24) is 19.9 Å². The molecule has 1 fully saturated rings. The van der Waals surface area contributed by atoms with E-state index in [0.29, 0.717) is 39.1 Å². The molecular formula is C29H30F3N5O2S. The van der Waals surface area contributed by atoms with Crippen molar-refractivity contribution in [3.05, 3.63) is 59.9 Å². The van der Waals surface area contributed by atoms with Gasteiger partial charge in [0, 0.05) is 31.1 Å². The van der Waals surface area contributed by atoms with Crippen LogP contribution in [0, 0.1) is 5.92 Å². The zero-order valence-electron chi connectivity index (χ0n) is 22.5. The highest BCUT2D eigenvalue weighted by atomic mass is 32.1. The van der Waals surface area contributed by atoms with Gasteiger partial charge < -0.3 is 10.1 Å². The second kappa shape index (κ2) is 11.5. The van der Waals surface area contributed by atoms with E-state index in [2.05, 4.69) is 39.0 Å². The number of hydrogen-bond acceptors (Lipinski definition) is 7. The van der Waals surface area contributed by atoms with Crippen LogP contribution in [-0.4, -0.2) is 38.8 Å². The summed E-state index contributed by atoms with van der Waals surface area (Å²) in [4.78, 5) is 26.9. The van der Waals surface area contributed by atoms with Gasteiger partial charge in [0.15, 0.2) is 10.9 Å². The number of carbonyl (C=O) groups is 1. The van der Waals surface area contributed by atoms with Crippen LogP contribution in [0.25, 0.3) is 21.5 Å². The van der Waals surface area contributed by atoms with Gasteiger partial charge in [-0.2, -0.15) is 13.2 Å². The molecule has 1 aliphatic rings. The number of benzene rings is 2. The average molecular weight is 570 g/mol. The van der Waals surface area contributed by atoms with Gasteiger partial charge in [0.25, 0.3) is 0 Å². The first-order valence-corrected chi connectivity index (χ1v) is 14.0. The summed E-state index contributed by atoms with van der Waals surface area (Å²) >= 11 is 1.32. The largest absolute Gasteiger partial charge is 0.437 e. The Labute approximate surface area is 234 Å². The highest BCUT2D eigenvalue weighted by molar-refractivity contribution is 7.22. The molecule has 0 aliphatic carbocycles. The van der Waals surface area contributed by atoms with E-state index in [9.17, 15) is 18.0 Å². The van der Waals surface area contributed by atoms with Gasteiger partial charge >= 0.3 is 6.18 Å². The van der Waals surface area contributed by atoms with Gasteiger partial charge in [-0.05, 0) is 55.1 Å². The van der Waals surface area contributed by atoms with Crippen molar-refractivity contribution in [2.45, 2.75) is 52.3 Å². The van der Waals surface area contributed by atoms with Crippen LogP contribution in [-0.2, 0) is 11.0 Å². The summed E-state index contributed by atoms with van der Waals surface area (Å²) in [5.74, 6) is 0.839. The van der Waals surface area contributed by atoms with Crippen molar-refractivity contribution in [1.29, 1.82) is 0 Å². The predicted molar refractivity (Wildman–Crippen MR) is 149 cm³/mol. The Hall–Kier alpha value is -3.57. The summed E-state index contributed by atoms with van der Waals surface area (Å²) in [6.45, 7) is 7.30. The first kappa shape index (κ1) is 28.0. The lowest BCUT2D eigenvalue weighted by molar-refractivity contribution is -0.137. The van der Waals surface area contributed by atoms with Crippen LogP contribution in [0.4, 0.5) is 18.3 Å². The van der Waals surface area contributed by atoms with Crippen LogP contribution >= 0.6 is 11.3 Å². The van der Waals surface area contributed by atoms with E-state index < -0.39 is 11.7 Å². The Morgan fingerprint density at radius 1 is 1.18 bits per heavy atom. The van der Waals surface area contributed by atoms with Crippen LogP contribution < -0.4 is 10.1 Å². The molecule has 7 nitrogen and oxygen atoms in total. The number of alkyl halides is 3. The number of ether oxygens (including phenoxy) is 1. The van der Waals surface area contributed by atoms with E-state index in [4.69, 9.17) is 4.74 Å². The number of likely N-dealkylation sites (tertiary alicyclic amines) is 1. The van der Waals surface area contributed by atoms with Crippen molar-refractivity contribution < 1.29 is 22.7 Å². The summed E-state index contributed by atoms with van der Waals surface area (Å²) in [5, 5.41) is 3.14. The van der Waals surface area contributed by atoms with Gasteiger partial charge in [-0.15, -0.1) is 0 Å². The molecule has 1 atom stereocenters. The third kappa shape index (κ3) is 6.26. The molecule has 0 spiro atoms. The molecule has 5 rings (SSSR count). The van der Waals surface area contributed by atoms with Gasteiger partial charge in [0.1, 0.15) is 11.8 Å².